The summed E-state index contributed by atoms with van der Waals surface area (Å²) in [4.78, 5) is 20.4. The van der Waals surface area contributed by atoms with Gasteiger partial charge in [-0.3, -0.25) is 14.7 Å². The highest BCUT2D eigenvalue weighted by Crippen LogP contribution is 2.29. The summed E-state index contributed by atoms with van der Waals surface area (Å²) < 4.78 is 0. The van der Waals surface area contributed by atoms with E-state index in [2.05, 4.69) is 15.2 Å². The second kappa shape index (κ2) is 4.33. The van der Waals surface area contributed by atoms with Crippen LogP contribution in [0, 0.1) is 0 Å². The Labute approximate surface area is 107 Å². The van der Waals surface area contributed by atoms with Crippen LogP contribution >= 0.6 is 0 Å². The predicted octanol–water partition coefficient (Wildman–Crippen LogP) is 0.0921. The number of pyridine rings is 1. The van der Waals surface area contributed by atoms with Crippen LogP contribution in [0.4, 0.5) is 5.69 Å². The van der Waals surface area contributed by atoms with Gasteiger partial charge in [-0.2, -0.15) is 0 Å². The minimum absolute atomic E-state index is 0.0871. The predicted molar refractivity (Wildman–Crippen MR) is 69.4 cm³/mol. The highest BCUT2D eigenvalue weighted by atomic mass is 16.2. The number of aromatic nitrogens is 1. The van der Waals surface area contributed by atoms with E-state index in [1.807, 2.05) is 24.1 Å². The Balaban J connectivity index is 1.89. The Bertz CT molecular complexity index is 442. The molecule has 1 amide bonds. The van der Waals surface area contributed by atoms with E-state index in [0.717, 1.165) is 31.7 Å². The molecule has 0 radical (unpaired) electrons. The zero-order chi connectivity index (χ0) is 12.6. The molecule has 0 aromatic carbocycles. The van der Waals surface area contributed by atoms with Crippen molar-refractivity contribution in [2.24, 2.45) is 0 Å². The molecular weight excluding hydrogens is 228 g/mol. The van der Waals surface area contributed by atoms with Crippen LogP contribution in [0.5, 0.6) is 0 Å². The first-order valence-corrected chi connectivity index (χ1v) is 6.34. The number of nitrogens with zero attached hydrogens (tertiary/aromatic N) is 3. The Kier molecular flexibility index (Phi) is 2.80. The molecule has 3 heterocycles. The van der Waals surface area contributed by atoms with Gasteiger partial charge < -0.3 is 10.2 Å². The van der Waals surface area contributed by atoms with Gasteiger partial charge in [0.2, 0.25) is 5.91 Å². The van der Waals surface area contributed by atoms with Crippen molar-refractivity contribution in [1.29, 1.82) is 0 Å². The monoisotopic (exact) mass is 246 g/mol. The lowest BCUT2D eigenvalue weighted by molar-refractivity contribution is -0.123. The van der Waals surface area contributed by atoms with E-state index in [1.165, 1.54) is 0 Å². The summed E-state index contributed by atoms with van der Waals surface area (Å²) >= 11 is 0. The zero-order valence-corrected chi connectivity index (χ0v) is 10.6. The largest absolute Gasteiger partial charge is 0.315 e. The summed E-state index contributed by atoms with van der Waals surface area (Å²) in [6.07, 6.45) is 4.59. The first-order valence-electron chi connectivity index (χ1n) is 6.34. The number of carbonyl (C=O) groups excluding carboxylic acids is 1. The van der Waals surface area contributed by atoms with Crippen LogP contribution in [0.15, 0.2) is 24.5 Å². The Morgan fingerprint density at radius 3 is 3.06 bits per heavy atom. The lowest BCUT2D eigenvalue weighted by Gasteiger charge is -2.46. The van der Waals surface area contributed by atoms with Gasteiger partial charge >= 0.3 is 0 Å². The standard InChI is InChI=1S/C13H18N4O/c1-16-8-12(18)17(11-3-2-5-14-7-11)10-13(16)4-6-15-9-13/h2-3,5,7,15H,4,6,8-10H2,1H3/t13-/m0/s1. The minimum Gasteiger partial charge on any atom is -0.315 e. The van der Waals surface area contributed by atoms with Crippen molar-refractivity contribution in [2.75, 3.05) is 38.1 Å². The fourth-order valence-electron chi connectivity index (χ4n) is 2.90. The summed E-state index contributed by atoms with van der Waals surface area (Å²) in [6, 6.07) is 3.83. The second-order valence-electron chi connectivity index (χ2n) is 5.20. The van der Waals surface area contributed by atoms with Crippen molar-refractivity contribution in [3.63, 3.8) is 0 Å². The highest BCUT2D eigenvalue weighted by molar-refractivity contribution is 5.95. The second-order valence-corrected chi connectivity index (χ2v) is 5.20. The minimum atomic E-state index is 0.0871. The van der Waals surface area contributed by atoms with Crippen LogP contribution in [-0.4, -0.2) is 54.6 Å². The first kappa shape index (κ1) is 11.6. The number of amides is 1. The van der Waals surface area contributed by atoms with Crippen LogP contribution in [0.1, 0.15) is 6.42 Å². The van der Waals surface area contributed by atoms with Gasteiger partial charge in [0.05, 0.1) is 24.0 Å². The molecule has 0 saturated carbocycles. The Morgan fingerprint density at radius 2 is 2.39 bits per heavy atom. The molecule has 1 aromatic rings. The van der Waals surface area contributed by atoms with E-state index in [4.69, 9.17) is 0 Å². The van der Waals surface area contributed by atoms with E-state index in [9.17, 15) is 4.79 Å². The zero-order valence-electron chi connectivity index (χ0n) is 10.6. The van der Waals surface area contributed by atoms with Gasteiger partial charge in [-0.1, -0.05) is 0 Å². The van der Waals surface area contributed by atoms with E-state index in [-0.39, 0.29) is 11.4 Å². The molecule has 0 aliphatic carbocycles. The quantitative estimate of drug-likeness (QED) is 0.763. The molecular formula is C13H18N4O. The van der Waals surface area contributed by atoms with Gasteiger partial charge in [0.25, 0.3) is 0 Å². The maximum atomic E-state index is 12.2. The number of likely N-dealkylation sites (N-methyl/N-ethyl adjacent to an activating group) is 1. The molecule has 0 unspecified atom stereocenters. The molecule has 5 heteroatoms. The lowest BCUT2D eigenvalue weighted by Crippen LogP contribution is -2.64. The number of rotatable bonds is 1. The van der Waals surface area contributed by atoms with Gasteiger partial charge in [0.1, 0.15) is 0 Å². The molecule has 5 nitrogen and oxygen atoms in total. The fourth-order valence-corrected chi connectivity index (χ4v) is 2.90. The van der Waals surface area contributed by atoms with E-state index in [1.54, 1.807) is 12.4 Å². The van der Waals surface area contributed by atoms with Crippen molar-refractivity contribution in [3.05, 3.63) is 24.5 Å². The summed E-state index contributed by atoms with van der Waals surface area (Å²) in [5, 5.41) is 3.40. The molecule has 1 N–H and O–H groups in total. The molecule has 96 valence electrons. The summed E-state index contributed by atoms with van der Waals surface area (Å²) in [6.45, 7) is 3.21. The number of carbonyl (C=O) groups is 1. The molecule has 2 aliphatic heterocycles. The lowest BCUT2D eigenvalue weighted by atomic mass is 9.93. The Hall–Kier alpha value is -1.46. The topological polar surface area (TPSA) is 48.5 Å². The molecule has 18 heavy (non-hydrogen) atoms. The van der Waals surface area contributed by atoms with Gasteiger partial charge in [0, 0.05) is 19.3 Å². The van der Waals surface area contributed by atoms with Crippen molar-refractivity contribution in [2.45, 2.75) is 12.0 Å². The van der Waals surface area contributed by atoms with Crippen molar-refractivity contribution in [3.8, 4) is 0 Å². The molecule has 0 bridgehead atoms. The van der Waals surface area contributed by atoms with E-state index >= 15 is 0 Å². The van der Waals surface area contributed by atoms with E-state index < -0.39 is 0 Å². The molecule has 1 aromatic heterocycles. The van der Waals surface area contributed by atoms with Crippen LogP contribution in [-0.2, 0) is 4.79 Å². The van der Waals surface area contributed by atoms with Gasteiger partial charge in [0.15, 0.2) is 0 Å². The number of piperazine rings is 1. The third kappa shape index (κ3) is 1.79. The van der Waals surface area contributed by atoms with Gasteiger partial charge in [-0.25, -0.2) is 0 Å². The van der Waals surface area contributed by atoms with Crippen molar-refractivity contribution >= 4 is 11.6 Å². The average Bonchev–Trinajstić information content (AvgIpc) is 2.85. The average molecular weight is 246 g/mol. The fraction of sp³-hybridized carbons (Fsp3) is 0.538. The third-order valence-electron chi connectivity index (χ3n) is 4.11. The highest BCUT2D eigenvalue weighted by Gasteiger charge is 2.45. The van der Waals surface area contributed by atoms with Crippen molar-refractivity contribution < 1.29 is 4.79 Å². The van der Waals surface area contributed by atoms with Crippen LogP contribution in [0.25, 0.3) is 0 Å². The molecule has 2 fully saturated rings. The smallest absolute Gasteiger partial charge is 0.241 e. The third-order valence-corrected chi connectivity index (χ3v) is 4.11. The molecule has 2 saturated heterocycles. The van der Waals surface area contributed by atoms with Crippen LogP contribution in [0.2, 0.25) is 0 Å². The van der Waals surface area contributed by atoms with Gasteiger partial charge in [-0.15, -0.1) is 0 Å². The maximum Gasteiger partial charge on any atom is 0.241 e. The molecule has 1 spiro atoms. The van der Waals surface area contributed by atoms with E-state index in [0.29, 0.717) is 6.54 Å². The summed E-state index contributed by atoms with van der Waals surface area (Å²) in [7, 11) is 2.05. The molecule has 1 atom stereocenters. The van der Waals surface area contributed by atoms with Crippen LogP contribution < -0.4 is 10.2 Å². The normalized spacial score (nSPS) is 29.2. The summed E-state index contributed by atoms with van der Waals surface area (Å²) in [5.41, 5.74) is 0.992. The maximum absolute atomic E-state index is 12.2. The SMILES string of the molecule is CN1CC(=O)N(c2cccnc2)C[C@@]12CCNC2. The number of nitrogens with one attached hydrogen (secondary N) is 1. The van der Waals surface area contributed by atoms with Gasteiger partial charge in [-0.05, 0) is 32.1 Å². The number of hydrogen-bond donors (Lipinski definition) is 1. The van der Waals surface area contributed by atoms with Crippen molar-refractivity contribution in [1.82, 2.24) is 15.2 Å². The first-order chi connectivity index (χ1) is 8.71. The Morgan fingerprint density at radius 1 is 1.50 bits per heavy atom. The molecule has 2 aliphatic rings. The molecule has 3 rings (SSSR count). The summed E-state index contributed by atoms with van der Waals surface area (Å²) in [5.74, 6) is 0.156. The number of anilines is 1. The number of hydrogen-bond acceptors (Lipinski definition) is 4. The van der Waals surface area contributed by atoms with Crippen LogP contribution in [0.3, 0.4) is 0 Å².